The molecule has 5 heteroatoms. The van der Waals surface area contributed by atoms with Gasteiger partial charge in [0.15, 0.2) is 0 Å². The van der Waals surface area contributed by atoms with E-state index in [1.807, 2.05) is 0 Å². The Labute approximate surface area is 171 Å². The predicted molar refractivity (Wildman–Crippen MR) is 114 cm³/mol. The van der Waals surface area contributed by atoms with Crippen molar-refractivity contribution in [2.24, 2.45) is 5.41 Å². The van der Waals surface area contributed by atoms with Crippen LogP contribution in [0.1, 0.15) is 103 Å². The minimum absolute atomic E-state index is 0.0133. The highest BCUT2D eigenvalue weighted by Crippen LogP contribution is 2.35. The van der Waals surface area contributed by atoms with Crippen LogP contribution in [0, 0.1) is 5.41 Å². The average Bonchev–Trinajstić information content (AvgIpc) is 2.67. The molecule has 0 saturated carbocycles. The van der Waals surface area contributed by atoms with E-state index in [1.165, 1.54) is 44.9 Å². The van der Waals surface area contributed by atoms with Gasteiger partial charge in [0, 0.05) is 6.61 Å². The molecule has 5 nitrogen and oxygen atoms in total. The summed E-state index contributed by atoms with van der Waals surface area (Å²) >= 11 is 0. The van der Waals surface area contributed by atoms with E-state index < -0.39 is 24.1 Å². The summed E-state index contributed by atoms with van der Waals surface area (Å²) in [6, 6.07) is 0. The molecule has 0 aromatic heterocycles. The number of aliphatic carboxylic acids is 1. The lowest BCUT2D eigenvalue weighted by Crippen LogP contribution is -2.37. The van der Waals surface area contributed by atoms with Crippen molar-refractivity contribution in [3.8, 4) is 0 Å². The fourth-order valence-corrected chi connectivity index (χ4v) is 3.72. The first kappa shape index (κ1) is 27.1. The van der Waals surface area contributed by atoms with Crippen molar-refractivity contribution in [1.29, 1.82) is 0 Å². The van der Waals surface area contributed by atoms with E-state index in [1.54, 1.807) is 0 Å². The molecular weight excluding hydrogens is 356 g/mol. The van der Waals surface area contributed by atoms with Crippen molar-refractivity contribution < 1.29 is 25.2 Å². The molecule has 0 aliphatic carbocycles. The number of carboxylic acids is 1. The summed E-state index contributed by atoms with van der Waals surface area (Å²) in [6.45, 7) is 1.56. The number of carboxylic acid groups (broad SMARTS) is 1. The Hall–Kier alpha value is -0.910. The highest BCUT2D eigenvalue weighted by Gasteiger charge is 2.39. The standard InChI is InChI=1S/C23H44O5/c1-2-3-4-5-6-7-8-9-10-11-12-13-14-15-16-23(17-18-24,22(27)28)19-21(26)20-25/h9-10,21,24-26H,2-8,11-20H2,1H3,(H,27,28)/b10-9-. The zero-order valence-electron chi connectivity index (χ0n) is 17.9. The summed E-state index contributed by atoms with van der Waals surface area (Å²) in [7, 11) is 0. The Bertz CT molecular complexity index is 396. The van der Waals surface area contributed by atoms with E-state index in [0.717, 1.165) is 32.1 Å². The molecule has 0 rings (SSSR count). The molecule has 2 atom stereocenters. The van der Waals surface area contributed by atoms with Gasteiger partial charge >= 0.3 is 5.97 Å². The third-order valence-corrected chi connectivity index (χ3v) is 5.55. The summed E-state index contributed by atoms with van der Waals surface area (Å²) < 4.78 is 0. The van der Waals surface area contributed by atoms with E-state index in [2.05, 4.69) is 19.1 Å². The Kier molecular flexibility index (Phi) is 17.6. The fraction of sp³-hybridized carbons (Fsp3) is 0.870. The van der Waals surface area contributed by atoms with Gasteiger partial charge in [0.2, 0.25) is 0 Å². The molecule has 0 amide bonds. The molecule has 4 N–H and O–H groups in total. The molecule has 0 radical (unpaired) electrons. The van der Waals surface area contributed by atoms with Gasteiger partial charge in [0.25, 0.3) is 0 Å². The van der Waals surface area contributed by atoms with E-state index in [0.29, 0.717) is 6.42 Å². The molecule has 28 heavy (non-hydrogen) atoms. The second-order valence-electron chi connectivity index (χ2n) is 8.08. The molecule has 0 saturated heterocycles. The van der Waals surface area contributed by atoms with Crippen LogP contribution in [-0.4, -0.2) is 45.7 Å². The lowest BCUT2D eigenvalue weighted by Gasteiger charge is -2.30. The maximum atomic E-state index is 11.7. The van der Waals surface area contributed by atoms with E-state index in [-0.39, 0.29) is 19.4 Å². The van der Waals surface area contributed by atoms with Crippen molar-refractivity contribution >= 4 is 5.97 Å². The van der Waals surface area contributed by atoms with Crippen LogP contribution in [0.2, 0.25) is 0 Å². The van der Waals surface area contributed by atoms with Crippen LogP contribution in [0.3, 0.4) is 0 Å². The number of aliphatic hydroxyl groups is 3. The van der Waals surface area contributed by atoms with Gasteiger partial charge in [0.1, 0.15) is 0 Å². The number of hydrogen-bond acceptors (Lipinski definition) is 4. The molecule has 166 valence electrons. The monoisotopic (exact) mass is 400 g/mol. The smallest absolute Gasteiger partial charge is 0.309 e. The van der Waals surface area contributed by atoms with Gasteiger partial charge in [-0.25, -0.2) is 0 Å². The molecule has 0 aromatic carbocycles. The van der Waals surface area contributed by atoms with Gasteiger partial charge in [-0.05, 0) is 44.9 Å². The van der Waals surface area contributed by atoms with E-state index in [4.69, 9.17) is 5.11 Å². The third-order valence-electron chi connectivity index (χ3n) is 5.55. The van der Waals surface area contributed by atoms with Gasteiger partial charge in [0.05, 0.1) is 18.1 Å². The highest BCUT2D eigenvalue weighted by molar-refractivity contribution is 5.74. The summed E-state index contributed by atoms with van der Waals surface area (Å²) in [6.07, 6.45) is 18.1. The largest absolute Gasteiger partial charge is 0.481 e. The normalized spacial score (nSPS) is 15.0. The first-order chi connectivity index (χ1) is 13.5. The minimum Gasteiger partial charge on any atom is -0.481 e. The molecule has 0 fully saturated rings. The van der Waals surface area contributed by atoms with Gasteiger partial charge in [-0.2, -0.15) is 0 Å². The zero-order valence-corrected chi connectivity index (χ0v) is 17.9. The Morgan fingerprint density at radius 3 is 1.89 bits per heavy atom. The number of unbranched alkanes of at least 4 members (excludes halogenated alkanes) is 10. The van der Waals surface area contributed by atoms with Crippen LogP contribution in [0.15, 0.2) is 12.2 Å². The second-order valence-corrected chi connectivity index (χ2v) is 8.08. The number of aliphatic hydroxyl groups excluding tert-OH is 3. The Morgan fingerprint density at radius 2 is 1.39 bits per heavy atom. The molecule has 2 unspecified atom stereocenters. The number of rotatable bonds is 20. The summed E-state index contributed by atoms with van der Waals surface area (Å²) in [5, 5.41) is 37.5. The molecule has 0 heterocycles. The van der Waals surface area contributed by atoms with Gasteiger partial charge in [-0.3, -0.25) is 4.79 Å². The first-order valence-electron chi connectivity index (χ1n) is 11.3. The third kappa shape index (κ3) is 13.3. The van der Waals surface area contributed by atoms with Crippen molar-refractivity contribution in [3.05, 3.63) is 12.2 Å². The maximum Gasteiger partial charge on any atom is 0.309 e. The van der Waals surface area contributed by atoms with Gasteiger partial charge in [-0.15, -0.1) is 0 Å². The lowest BCUT2D eigenvalue weighted by molar-refractivity contribution is -0.153. The quantitative estimate of drug-likeness (QED) is 0.173. The first-order valence-corrected chi connectivity index (χ1v) is 11.3. The highest BCUT2D eigenvalue weighted by atomic mass is 16.4. The van der Waals surface area contributed by atoms with Crippen molar-refractivity contribution in [2.45, 2.75) is 109 Å². The maximum absolute atomic E-state index is 11.7. The van der Waals surface area contributed by atoms with Gasteiger partial charge < -0.3 is 20.4 Å². The van der Waals surface area contributed by atoms with Crippen LogP contribution in [0.5, 0.6) is 0 Å². The van der Waals surface area contributed by atoms with E-state index >= 15 is 0 Å². The summed E-state index contributed by atoms with van der Waals surface area (Å²) in [5.41, 5.74) is -1.14. The molecule has 0 aromatic rings. The van der Waals surface area contributed by atoms with Gasteiger partial charge in [-0.1, -0.05) is 70.4 Å². The lowest BCUT2D eigenvalue weighted by atomic mass is 9.75. The van der Waals surface area contributed by atoms with Crippen LogP contribution < -0.4 is 0 Å². The topological polar surface area (TPSA) is 98.0 Å². The van der Waals surface area contributed by atoms with Crippen molar-refractivity contribution in [3.63, 3.8) is 0 Å². The molecular formula is C23H44O5. The zero-order chi connectivity index (χ0) is 21.1. The second kappa shape index (κ2) is 18.1. The molecule has 0 aliphatic heterocycles. The average molecular weight is 401 g/mol. The summed E-state index contributed by atoms with van der Waals surface area (Å²) in [4.78, 5) is 11.7. The predicted octanol–water partition coefficient (Wildman–Crippen LogP) is 4.83. The van der Waals surface area contributed by atoms with Crippen LogP contribution in [0.4, 0.5) is 0 Å². The number of allylic oxidation sites excluding steroid dienone is 2. The molecule has 0 spiro atoms. The van der Waals surface area contributed by atoms with Crippen LogP contribution >= 0.6 is 0 Å². The Morgan fingerprint density at radius 1 is 0.857 bits per heavy atom. The molecule has 0 bridgehead atoms. The van der Waals surface area contributed by atoms with Crippen LogP contribution in [0.25, 0.3) is 0 Å². The van der Waals surface area contributed by atoms with Crippen molar-refractivity contribution in [1.82, 2.24) is 0 Å². The number of hydrogen-bond donors (Lipinski definition) is 4. The van der Waals surface area contributed by atoms with E-state index in [9.17, 15) is 20.1 Å². The Balaban J connectivity index is 3.90. The minimum atomic E-state index is -1.14. The SMILES string of the molecule is CCCCCCCC/C=C\CCCCCCC(CCO)(CC(O)CO)C(=O)O. The molecule has 0 aliphatic rings. The van der Waals surface area contributed by atoms with Crippen LogP contribution in [-0.2, 0) is 4.79 Å². The fourth-order valence-electron chi connectivity index (χ4n) is 3.72. The number of carbonyl (C=O) groups is 1. The summed E-state index contributed by atoms with van der Waals surface area (Å²) in [5.74, 6) is -0.994. The van der Waals surface area contributed by atoms with Crippen molar-refractivity contribution in [2.75, 3.05) is 13.2 Å².